The summed E-state index contributed by atoms with van der Waals surface area (Å²) in [5, 5.41) is 10.7. The molecule has 1 aromatic carbocycles. The van der Waals surface area contributed by atoms with Crippen LogP contribution in [0.2, 0.25) is 0 Å². The van der Waals surface area contributed by atoms with E-state index < -0.39 is 11.4 Å². The van der Waals surface area contributed by atoms with E-state index in [1.54, 1.807) is 18.2 Å². The number of halogens is 1. The molecule has 1 fully saturated rings. The first-order valence-corrected chi connectivity index (χ1v) is 6.27. The van der Waals surface area contributed by atoms with Crippen LogP contribution < -0.4 is 4.74 Å². The van der Waals surface area contributed by atoms with Crippen molar-refractivity contribution < 1.29 is 19.0 Å². The summed E-state index contributed by atoms with van der Waals surface area (Å²) in [6.45, 7) is 2.45. The Morgan fingerprint density at radius 2 is 2.33 bits per heavy atom. The first-order chi connectivity index (χ1) is 8.60. The summed E-state index contributed by atoms with van der Waals surface area (Å²) in [7, 11) is 1.42. The summed E-state index contributed by atoms with van der Waals surface area (Å²) in [5.74, 6) is -0.306. The Morgan fingerprint density at radius 3 is 3.00 bits per heavy atom. The van der Waals surface area contributed by atoms with Crippen molar-refractivity contribution in [1.82, 2.24) is 0 Å². The highest BCUT2D eigenvalue weighted by Gasteiger charge is 2.38. The van der Waals surface area contributed by atoms with Gasteiger partial charge in [0.1, 0.15) is 0 Å². The second-order valence-corrected chi connectivity index (χ2v) is 4.71. The van der Waals surface area contributed by atoms with Crippen molar-refractivity contribution in [3.05, 3.63) is 29.6 Å². The minimum Gasteiger partial charge on any atom is -0.494 e. The van der Waals surface area contributed by atoms with Crippen molar-refractivity contribution in [3.8, 4) is 5.75 Å². The summed E-state index contributed by atoms with van der Waals surface area (Å²) in [6, 6.07) is 4.88. The van der Waals surface area contributed by atoms with E-state index in [1.165, 1.54) is 7.11 Å². The summed E-state index contributed by atoms with van der Waals surface area (Å²) < 4.78 is 24.7. The molecule has 0 aromatic heterocycles. The number of hydrogen-bond donors (Lipinski definition) is 1. The van der Waals surface area contributed by atoms with E-state index in [1.807, 2.05) is 6.92 Å². The fourth-order valence-electron chi connectivity index (χ4n) is 2.47. The van der Waals surface area contributed by atoms with Crippen LogP contribution in [0.15, 0.2) is 18.2 Å². The molecule has 0 bridgehead atoms. The van der Waals surface area contributed by atoms with E-state index in [0.29, 0.717) is 25.0 Å². The molecule has 1 aliphatic rings. The molecule has 0 spiro atoms. The Hall–Kier alpha value is -1.13. The van der Waals surface area contributed by atoms with Gasteiger partial charge in [0.15, 0.2) is 11.6 Å². The zero-order chi connectivity index (χ0) is 13.2. The molecule has 2 unspecified atom stereocenters. The normalized spacial score (nSPS) is 28.1. The highest BCUT2D eigenvalue weighted by atomic mass is 19.1. The van der Waals surface area contributed by atoms with E-state index in [0.717, 1.165) is 6.42 Å². The fraction of sp³-hybridized carbons (Fsp3) is 0.571. The maximum absolute atomic E-state index is 14.2. The molecule has 1 N–H and O–H groups in total. The third kappa shape index (κ3) is 2.35. The van der Waals surface area contributed by atoms with E-state index in [4.69, 9.17) is 9.47 Å². The largest absolute Gasteiger partial charge is 0.494 e. The molecule has 2 atom stereocenters. The van der Waals surface area contributed by atoms with Gasteiger partial charge in [0, 0.05) is 18.4 Å². The van der Waals surface area contributed by atoms with Gasteiger partial charge in [-0.15, -0.1) is 0 Å². The van der Waals surface area contributed by atoms with Crippen LogP contribution in [-0.2, 0) is 10.3 Å². The van der Waals surface area contributed by atoms with Crippen LogP contribution in [-0.4, -0.2) is 24.9 Å². The summed E-state index contributed by atoms with van der Waals surface area (Å²) >= 11 is 0. The van der Waals surface area contributed by atoms with Crippen LogP contribution in [0.25, 0.3) is 0 Å². The molecule has 1 aliphatic heterocycles. The van der Waals surface area contributed by atoms with Crippen LogP contribution in [0, 0.1) is 5.82 Å². The topological polar surface area (TPSA) is 38.7 Å². The van der Waals surface area contributed by atoms with Gasteiger partial charge in [0.2, 0.25) is 0 Å². The van der Waals surface area contributed by atoms with Gasteiger partial charge in [-0.05, 0) is 12.5 Å². The average molecular weight is 254 g/mol. The minimum absolute atomic E-state index is 0.0191. The molecule has 3 nitrogen and oxygen atoms in total. The van der Waals surface area contributed by atoms with Crippen molar-refractivity contribution >= 4 is 0 Å². The molecule has 0 aliphatic carbocycles. The van der Waals surface area contributed by atoms with Crippen molar-refractivity contribution in [2.45, 2.75) is 37.9 Å². The van der Waals surface area contributed by atoms with Gasteiger partial charge in [-0.2, -0.15) is 0 Å². The lowest BCUT2D eigenvalue weighted by atomic mass is 9.82. The number of aliphatic hydroxyl groups is 1. The maximum Gasteiger partial charge on any atom is 0.171 e. The number of hydrogen-bond acceptors (Lipinski definition) is 3. The van der Waals surface area contributed by atoms with Crippen molar-refractivity contribution in [2.24, 2.45) is 0 Å². The molecule has 0 radical (unpaired) electrons. The second-order valence-electron chi connectivity index (χ2n) is 4.71. The first kappa shape index (κ1) is 13.3. The van der Waals surface area contributed by atoms with Gasteiger partial charge in [0.25, 0.3) is 0 Å². The molecule has 0 amide bonds. The van der Waals surface area contributed by atoms with Crippen LogP contribution in [0.1, 0.15) is 31.7 Å². The molecule has 1 aromatic rings. The zero-order valence-electron chi connectivity index (χ0n) is 10.8. The minimum atomic E-state index is -1.16. The van der Waals surface area contributed by atoms with Crippen LogP contribution in [0.5, 0.6) is 5.75 Å². The molecule has 2 rings (SSSR count). The van der Waals surface area contributed by atoms with Gasteiger partial charge in [-0.25, -0.2) is 4.39 Å². The van der Waals surface area contributed by atoms with E-state index in [-0.39, 0.29) is 11.9 Å². The molecule has 0 saturated carbocycles. The van der Waals surface area contributed by atoms with E-state index in [2.05, 4.69) is 0 Å². The third-order valence-corrected chi connectivity index (χ3v) is 3.57. The third-order valence-electron chi connectivity index (χ3n) is 3.57. The van der Waals surface area contributed by atoms with Crippen molar-refractivity contribution in [3.63, 3.8) is 0 Å². The predicted molar refractivity (Wildman–Crippen MR) is 66.1 cm³/mol. The Bertz CT molecular complexity index is 422. The van der Waals surface area contributed by atoms with Gasteiger partial charge in [-0.1, -0.05) is 19.1 Å². The molecule has 1 saturated heterocycles. The highest BCUT2D eigenvalue weighted by molar-refractivity contribution is 5.35. The number of methoxy groups -OCH3 is 1. The fourth-order valence-corrected chi connectivity index (χ4v) is 2.47. The summed E-state index contributed by atoms with van der Waals surface area (Å²) in [6.07, 6.45) is 1.63. The number of ether oxygens (including phenoxy) is 2. The van der Waals surface area contributed by atoms with Gasteiger partial charge < -0.3 is 14.6 Å². The van der Waals surface area contributed by atoms with Gasteiger partial charge in [0.05, 0.1) is 25.4 Å². The Kier molecular flexibility index (Phi) is 3.88. The lowest BCUT2D eigenvalue weighted by Crippen LogP contribution is -2.39. The monoisotopic (exact) mass is 254 g/mol. The van der Waals surface area contributed by atoms with Crippen LogP contribution in [0.3, 0.4) is 0 Å². The standard InChI is InChI=1S/C14H19FO3/c1-3-10-9-14(16,7-8-18-10)11-5-4-6-12(17-2)13(11)15/h4-6,10,16H,3,7-9H2,1-2H3. The predicted octanol–water partition coefficient (Wildman–Crippen LogP) is 2.61. The summed E-state index contributed by atoms with van der Waals surface area (Å²) in [4.78, 5) is 0. The van der Waals surface area contributed by atoms with E-state index in [9.17, 15) is 9.50 Å². The Morgan fingerprint density at radius 1 is 1.56 bits per heavy atom. The molecule has 4 heteroatoms. The lowest BCUT2D eigenvalue weighted by molar-refractivity contribution is -0.110. The van der Waals surface area contributed by atoms with Crippen LogP contribution in [0.4, 0.5) is 4.39 Å². The molecular formula is C14H19FO3. The first-order valence-electron chi connectivity index (χ1n) is 6.27. The van der Waals surface area contributed by atoms with E-state index >= 15 is 0 Å². The van der Waals surface area contributed by atoms with Crippen LogP contribution >= 0.6 is 0 Å². The quantitative estimate of drug-likeness (QED) is 0.901. The summed E-state index contributed by atoms with van der Waals surface area (Å²) in [5.41, 5.74) is -0.846. The molecule has 1 heterocycles. The van der Waals surface area contributed by atoms with Crippen molar-refractivity contribution in [1.29, 1.82) is 0 Å². The smallest absolute Gasteiger partial charge is 0.171 e. The average Bonchev–Trinajstić information content (AvgIpc) is 2.38. The Balaban J connectivity index is 2.34. The number of rotatable bonds is 3. The van der Waals surface area contributed by atoms with Crippen molar-refractivity contribution in [2.75, 3.05) is 13.7 Å². The SMILES string of the molecule is CCC1CC(O)(c2cccc(OC)c2F)CCO1. The highest BCUT2D eigenvalue weighted by Crippen LogP contribution is 2.38. The molecule has 18 heavy (non-hydrogen) atoms. The lowest BCUT2D eigenvalue weighted by Gasteiger charge is -2.37. The maximum atomic E-state index is 14.2. The molecule has 100 valence electrons. The number of benzene rings is 1. The van der Waals surface area contributed by atoms with Gasteiger partial charge >= 0.3 is 0 Å². The van der Waals surface area contributed by atoms with Gasteiger partial charge in [-0.3, -0.25) is 0 Å². The second kappa shape index (κ2) is 5.24. The zero-order valence-corrected chi connectivity index (χ0v) is 10.8. The molecular weight excluding hydrogens is 235 g/mol. The Labute approximate surface area is 107 Å².